The molecule has 5 heteroatoms. The predicted molar refractivity (Wildman–Crippen MR) is 91.6 cm³/mol. The van der Waals surface area contributed by atoms with Gasteiger partial charge in [0, 0.05) is 5.75 Å². The van der Waals surface area contributed by atoms with E-state index in [1.54, 1.807) is 0 Å². The normalized spacial score (nSPS) is 10.7. The number of ether oxygens (including phenoxy) is 1. The van der Waals surface area contributed by atoms with Gasteiger partial charge in [0.1, 0.15) is 5.75 Å². The maximum absolute atomic E-state index is 5.76. The topological polar surface area (TPSA) is 48.2 Å². The summed E-state index contributed by atoms with van der Waals surface area (Å²) in [5.41, 5.74) is 3.31. The van der Waals surface area contributed by atoms with Gasteiger partial charge in [-0.25, -0.2) is 0 Å². The van der Waals surface area contributed by atoms with Crippen LogP contribution in [-0.2, 0) is 5.75 Å². The van der Waals surface area contributed by atoms with Gasteiger partial charge >= 0.3 is 0 Å². The third-order valence-electron chi connectivity index (χ3n) is 3.31. The number of rotatable bonds is 6. The van der Waals surface area contributed by atoms with E-state index in [2.05, 4.69) is 41.4 Å². The van der Waals surface area contributed by atoms with Gasteiger partial charge in [-0.2, -0.15) is 0 Å². The molecule has 3 aromatic rings. The smallest absolute Gasteiger partial charge is 0.277 e. The average molecular weight is 326 g/mol. The number of aryl methyl sites for hydroxylation is 1. The summed E-state index contributed by atoms with van der Waals surface area (Å²) < 4.78 is 11.4. The Balaban J connectivity index is 1.72. The minimum Gasteiger partial charge on any atom is -0.493 e. The maximum Gasteiger partial charge on any atom is 0.277 e. The first kappa shape index (κ1) is 15.6. The van der Waals surface area contributed by atoms with E-state index < -0.39 is 0 Å². The van der Waals surface area contributed by atoms with Crippen molar-refractivity contribution in [1.29, 1.82) is 0 Å². The van der Waals surface area contributed by atoms with E-state index in [1.165, 1.54) is 22.9 Å². The Bertz CT molecular complexity index is 769. The Morgan fingerprint density at radius 2 is 1.83 bits per heavy atom. The van der Waals surface area contributed by atoms with Crippen molar-refractivity contribution in [3.05, 3.63) is 59.7 Å². The first-order chi connectivity index (χ1) is 11.3. The second kappa shape index (κ2) is 7.33. The summed E-state index contributed by atoms with van der Waals surface area (Å²) in [6.07, 6.45) is 0. The number of aromatic nitrogens is 2. The van der Waals surface area contributed by atoms with E-state index in [0.29, 0.717) is 17.7 Å². The Labute approximate surface area is 139 Å². The van der Waals surface area contributed by atoms with Crippen molar-refractivity contribution >= 4 is 11.8 Å². The van der Waals surface area contributed by atoms with E-state index in [0.717, 1.165) is 17.1 Å². The molecule has 0 bridgehead atoms. The van der Waals surface area contributed by atoms with E-state index in [1.807, 2.05) is 31.2 Å². The van der Waals surface area contributed by atoms with Crippen molar-refractivity contribution in [1.82, 2.24) is 10.2 Å². The molecule has 4 nitrogen and oxygen atoms in total. The minimum atomic E-state index is 0.487. The van der Waals surface area contributed by atoms with Gasteiger partial charge in [0.25, 0.3) is 11.1 Å². The van der Waals surface area contributed by atoms with Crippen LogP contribution in [0.3, 0.4) is 0 Å². The molecule has 0 N–H and O–H groups in total. The third kappa shape index (κ3) is 3.93. The zero-order chi connectivity index (χ0) is 16.1. The lowest BCUT2D eigenvalue weighted by Gasteiger charge is -2.06. The Hall–Kier alpha value is -2.27. The van der Waals surface area contributed by atoms with Crippen molar-refractivity contribution in [3.8, 4) is 17.2 Å². The van der Waals surface area contributed by atoms with Gasteiger partial charge in [-0.05, 0) is 31.5 Å². The summed E-state index contributed by atoms with van der Waals surface area (Å²) >= 11 is 1.53. The first-order valence-electron chi connectivity index (χ1n) is 7.50. The Morgan fingerprint density at radius 3 is 2.61 bits per heavy atom. The van der Waals surface area contributed by atoms with E-state index in [-0.39, 0.29) is 0 Å². The van der Waals surface area contributed by atoms with Crippen LogP contribution < -0.4 is 4.74 Å². The number of nitrogens with zero attached hydrogens (tertiary/aromatic N) is 2. The summed E-state index contributed by atoms with van der Waals surface area (Å²) in [7, 11) is 0. The quantitative estimate of drug-likeness (QED) is 0.613. The zero-order valence-corrected chi connectivity index (χ0v) is 14.0. The van der Waals surface area contributed by atoms with Gasteiger partial charge in [-0.15, -0.1) is 10.2 Å². The van der Waals surface area contributed by atoms with Gasteiger partial charge in [0.15, 0.2) is 0 Å². The molecule has 0 unspecified atom stereocenters. The summed E-state index contributed by atoms with van der Waals surface area (Å²) in [4.78, 5) is 0. The van der Waals surface area contributed by atoms with Crippen molar-refractivity contribution < 1.29 is 9.15 Å². The van der Waals surface area contributed by atoms with Gasteiger partial charge < -0.3 is 9.15 Å². The molecular formula is C18H18N2O2S. The highest BCUT2D eigenvalue weighted by molar-refractivity contribution is 7.98. The molecule has 23 heavy (non-hydrogen) atoms. The van der Waals surface area contributed by atoms with Crippen molar-refractivity contribution in [3.63, 3.8) is 0 Å². The summed E-state index contributed by atoms with van der Waals surface area (Å²) in [6, 6.07) is 16.1. The molecule has 0 fully saturated rings. The highest BCUT2D eigenvalue weighted by Gasteiger charge is 2.13. The Morgan fingerprint density at radius 1 is 1.04 bits per heavy atom. The van der Waals surface area contributed by atoms with Crippen LogP contribution >= 0.6 is 11.8 Å². The van der Waals surface area contributed by atoms with Crippen LogP contribution in [0.2, 0.25) is 0 Å². The van der Waals surface area contributed by atoms with Crippen LogP contribution in [0.5, 0.6) is 5.75 Å². The van der Waals surface area contributed by atoms with Crippen LogP contribution in [0.25, 0.3) is 11.5 Å². The molecular weight excluding hydrogens is 308 g/mol. The molecule has 0 saturated heterocycles. The van der Waals surface area contributed by atoms with Gasteiger partial charge in [0.05, 0.1) is 12.2 Å². The maximum atomic E-state index is 5.76. The fourth-order valence-electron chi connectivity index (χ4n) is 2.13. The molecule has 0 aliphatic carbocycles. The number of thioether (sulfide) groups is 1. The molecule has 0 aliphatic rings. The molecule has 3 rings (SSSR count). The molecule has 0 atom stereocenters. The van der Waals surface area contributed by atoms with E-state index in [4.69, 9.17) is 9.15 Å². The van der Waals surface area contributed by atoms with Crippen LogP contribution in [0.1, 0.15) is 18.1 Å². The molecule has 118 valence electrons. The van der Waals surface area contributed by atoms with Gasteiger partial charge in [-0.1, -0.05) is 53.7 Å². The predicted octanol–water partition coefficient (Wildman–Crippen LogP) is 4.74. The molecule has 0 saturated carbocycles. The zero-order valence-electron chi connectivity index (χ0n) is 13.2. The number of para-hydroxylation sites is 1. The van der Waals surface area contributed by atoms with Crippen molar-refractivity contribution in [2.45, 2.75) is 24.8 Å². The number of hydrogen-bond donors (Lipinski definition) is 0. The molecule has 0 aliphatic heterocycles. The number of benzene rings is 2. The second-order valence-corrected chi connectivity index (χ2v) is 6.00. The molecule has 0 spiro atoms. The fourth-order valence-corrected chi connectivity index (χ4v) is 2.85. The summed E-state index contributed by atoms with van der Waals surface area (Å²) in [5, 5.41) is 8.82. The van der Waals surface area contributed by atoms with Gasteiger partial charge in [0.2, 0.25) is 0 Å². The van der Waals surface area contributed by atoms with E-state index in [9.17, 15) is 0 Å². The van der Waals surface area contributed by atoms with Crippen LogP contribution in [-0.4, -0.2) is 16.8 Å². The molecule has 1 aromatic heterocycles. The SMILES string of the molecule is CCOc1ccccc1-c1nnc(SCc2ccc(C)cc2)o1. The summed E-state index contributed by atoms with van der Waals surface area (Å²) in [5.74, 6) is 2.05. The largest absolute Gasteiger partial charge is 0.493 e. The van der Waals surface area contributed by atoms with Crippen LogP contribution in [0.15, 0.2) is 58.2 Å². The molecule has 1 heterocycles. The van der Waals surface area contributed by atoms with Crippen LogP contribution in [0, 0.1) is 6.92 Å². The highest BCUT2D eigenvalue weighted by Crippen LogP contribution is 2.31. The fraction of sp³-hybridized carbons (Fsp3) is 0.222. The lowest BCUT2D eigenvalue weighted by molar-refractivity contribution is 0.340. The summed E-state index contributed by atoms with van der Waals surface area (Å²) in [6.45, 7) is 4.63. The monoisotopic (exact) mass is 326 g/mol. The molecule has 0 amide bonds. The average Bonchev–Trinajstić information content (AvgIpc) is 3.04. The van der Waals surface area contributed by atoms with Crippen molar-refractivity contribution in [2.75, 3.05) is 6.61 Å². The lowest BCUT2D eigenvalue weighted by Crippen LogP contribution is -1.93. The molecule has 0 radical (unpaired) electrons. The highest BCUT2D eigenvalue weighted by atomic mass is 32.2. The standard InChI is InChI=1S/C18H18N2O2S/c1-3-21-16-7-5-4-6-15(16)17-19-20-18(22-17)23-12-14-10-8-13(2)9-11-14/h4-11H,3,12H2,1-2H3. The first-order valence-corrected chi connectivity index (χ1v) is 8.49. The second-order valence-electron chi connectivity index (χ2n) is 5.08. The molecule has 2 aromatic carbocycles. The van der Waals surface area contributed by atoms with E-state index >= 15 is 0 Å². The van der Waals surface area contributed by atoms with Crippen molar-refractivity contribution in [2.24, 2.45) is 0 Å². The lowest BCUT2D eigenvalue weighted by atomic mass is 10.2. The third-order valence-corrected chi connectivity index (χ3v) is 4.20. The minimum absolute atomic E-state index is 0.487. The van der Waals surface area contributed by atoms with Gasteiger partial charge in [-0.3, -0.25) is 0 Å². The number of hydrogen-bond acceptors (Lipinski definition) is 5. The van der Waals surface area contributed by atoms with Crippen LogP contribution in [0.4, 0.5) is 0 Å². The Kier molecular flexibility index (Phi) is 4.98.